The van der Waals surface area contributed by atoms with Crippen molar-refractivity contribution in [2.24, 2.45) is 17.3 Å². The van der Waals surface area contributed by atoms with Crippen LogP contribution in [0, 0.1) is 17.3 Å². The number of amides is 2. The maximum absolute atomic E-state index is 12.1. The third-order valence-electron chi connectivity index (χ3n) is 3.88. The van der Waals surface area contributed by atoms with Crippen molar-refractivity contribution in [3.05, 3.63) is 0 Å². The van der Waals surface area contributed by atoms with Crippen LogP contribution in [0.3, 0.4) is 0 Å². The van der Waals surface area contributed by atoms with Gasteiger partial charge in [-0.05, 0) is 24.2 Å². The van der Waals surface area contributed by atoms with E-state index in [-0.39, 0.29) is 23.1 Å². The molecule has 0 aromatic carbocycles. The summed E-state index contributed by atoms with van der Waals surface area (Å²) in [7, 11) is 0. The van der Waals surface area contributed by atoms with Crippen LogP contribution in [-0.4, -0.2) is 11.8 Å². The Morgan fingerprint density at radius 1 is 1.24 bits per heavy atom. The maximum Gasteiger partial charge on any atom is 0.230 e. The van der Waals surface area contributed by atoms with Crippen molar-refractivity contribution in [1.29, 1.82) is 0 Å². The molecule has 1 aliphatic heterocycles. The van der Waals surface area contributed by atoms with Gasteiger partial charge in [0.05, 0.1) is 0 Å². The number of carbonyl (C=O) groups is 2. The number of imide groups is 1. The molecule has 0 aromatic heterocycles. The van der Waals surface area contributed by atoms with Crippen LogP contribution in [0.25, 0.3) is 0 Å². The molecule has 1 unspecified atom stereocenters. The first-order chi connectivity index (χ1) is 7.96. The third-order valence-corrected chi connectivity index (χ3v) is 3.88. The summed E-state index contributed by atoms with van der Waals surface area (Å²) in [6.45, 7) is 8.43. The number of piperidine rings is 1. The molecule has 0 bridgehead atoms. The Morgan fingerprint density at radius 2 is 1.76 bits per heavy atom. The van der Waals surface area contributed by atoms with Gasteiger partial charge in [0.15, 0.2) is 0 Å². The van der Waals surface area contributed by atoms with Crippen molar-refractivity contribution in [1.82, 2.24) is 5.32 Å². The summed E-state index contributed by atoms with van der Waals surface area (Å²) in [6, 6.07) is 0. The van der Waals surface area contributed by atoms with Crippen LogP contribution in [-0.2, 0) is 9.59 Å². The molecule has 0 aliphatic carbocycles. The minimum atomic E-state index is -0.100. The molecule has 0 aromatic rings. The van der Waals surface area contributed by atoms with Crippen LogP contribution in [0.4, 0.5) is 0 Å². The average Bonchev–Trinajstić information content (AvgIpc) is 2.15. The first-order valence-electron chi connectivity index (χ1n) is 6.80. The lowest BCUT2D eigenvalue weighted by Gasteiger charge is -2.44. The Balaban J connectivity index is 3.07. The quantitative estimate of drug-likeness (QED) is 0.750. The highest BCUT2D eigenvalue weighted by Crippen LogP contribution is 2.46. The zero-order valence-electron chi connectivity index (χ0n) is 11.5. The molecule has 1 aliphatic rings. The van der Waals surface area contributed by atoms with Crippen molar-refractivity contribution in [2.75, 3.05) is 0 Å². The highest BCUT2D eigenvalue weighted by Gasteiger charge is 2.48. The van der Waals surface area contributed by atoms with Crippen molar-refractivity contribution < 1.29 is 9.59 Å². The van der Waals surface area contributed by atoms with E-state index in [1.165, 1.54) is 0 Å². The molecule has 3 heteroatoms. The van der Waals surface area contributed by atoms with Gasteiger partial charge in [-0.25, -0.2) is 0 Å². The van der Waals surface area contributed by atoms with Crippen LogP contribution in [0.5, 0.6) is 0 Å². The summed E-state index contributed by atoms with van der Waals surface area (Å²) in [5.41, 5.74) is -0.100. The van der Waals surface area contributed by atoms with E-state index < -0.39 is 0 Å². The van der Waals surface area contributed by atoms with E-state index in [9.17, 15) is 9.59 Å². The van der Waals surface area contributed by atoms with Gasteiger partial charge in [0, 0.05) is 12.3 Å². The van der Waals surface area contributed by atoms with Crippen LogP contribution < -0.4 is 5.32 Å². The smallest absolute Gasteiger partial charge is 0.230 e. The molecule has 1 fully saturated rings. The van der Waals surface area contributed by atoms with Gasteiger partial charge in [-0.3, -0.25) is 14.9 Å². The molecule has 0 saturated carbocycles. The zero-order chi connectivity index (χ0) is 13.1. The molecular formula is C14H25NO2. The van der Waals surface area contributed by atoms with Gasteiger partial charge in [0.25, 0.3) is 0 Å². The molecule has 0 radical (unpaired) electrons. The molecular weight excluding hydrogens is 214 g/mol. The summed E-state index contributed by atoms with van der Waals surface area (Å²) < 4.78 is 0. The highest BCUT2D eigenvalue weighted by molar-refractivity contribution is 5.99. The van der Waals surface area contributed by atoms with Gasteiger partial charge in [-0.2, -0.15) is 0 Å². The Morgan fingerprint density at radius 3 is 2.18 bits per heavy atom. The number of nitrogens with one attached hydrogen (secondary N) is 1. The normalized spacial score (nSPS) is 23.9. The van der Waals surface area contributed by atoms with E-state index in [2.05, 4.69) is 33.0 Å². The fraction of sp³-hybridized carbons (Fsp3) is 0.857. The van der Waals surface area contributed by atoms with Gasteiger partial charge in [-0.1, -0.05) is 40.5 Å². The highest BCUT2D eigenvalue weighted by atomic mass is 16.2. The molecule has 1 heterocycles. The Hall–Kier alpha value is -0.860. The van der Waals surface area contributed by atoms with E-state index in [0.717, 1.165) is 25.7 Å². The molecule has 98 valence electrons. The molecule has 1 saturated heterocycles. The molecule has 1 rings (SSSR count). The molecule has 1 atom stereocenters. The first-order valence-corrected chi connectivity index (χ1v) is 6.80. The van der Waals surface area contributed by atoms with Gasteiger partial charge in [0.2, 0.25) is 11.8 Å². The lowest BCUT2D eigenvalue weighted by Crippen LogP contribution is -2.54. The van der Waals surface area contributed by atoms with Crippen molar-refractivity contribution >= 4 is 11.8 Å². The van der Waals surface area contributed by atoms with Crippen LogP contribution in [0.1, 0.15) is 59.8 Å². The molecule has 1 N–H and O–H groups in total. The summed E-state index contributed by atoms with van der Waals surface area (Å²) in [4.78, 5) is 23.8. The van der Waals surface area contributed by atoms with Gasteiger partial charge >= 0.3 is 0 Å². The van der Waals surface area contributed by atoms with E-state index in [1.807, 2.05) is 0 Å². The summed E-state index contributed by atoms with van der Waals surface area (Å²) in [5, 5.41) is 2.50. The summed E-state index contributed by atoms with van der Waals surface area (Å²) in [5.74, 6) is 0.133. The van der Waals surface area contributed by atoms with Crippen LogP contribution in [0.15, 0.2) is 0 Å². The number of hydrogen-bond acceptors (Lipinski definition) is 2. The minimum Gasteiger partial charge on any atom is -0.296 e. The fourth-order valence-electron chi connectivity index (χ4n) is 3.59. The predicted molar refractivity (Wildman–Crippen MR) is 68.3 cm³/mol. The Labute approximate surface area is 104 Å². The van der Waals surface area contributed by atoms with Gasteiger partial charge < -0.3 is 0 Å². The minimum absolute atomic E-state index is 0.0138. The third kappa shape index (κ3) is 2.88. The fourth-order valence-corrected chi connectivity index (χ4v) is 3.59. The maximum atomic E-state index is 12.1. The standard InChI is InChI=1S/C14H25NO2/c1-5-7-14(8-6-2)9-11(16)15-13(17)12(14)10(3)4/h10,12H,5-9H2,1-4H3,(H,15,16,17). The Kier molecular flexibility index (Phi) is 4.72. The topological polar surface area (TPSA) is 46.2 Å². The largest absolute Gasteiger partial charge is 0.296 e. The number of carbonyl (C=O) groups excluding carboxylic acids is 2. The number of hydrogen-bond donors (Lipinski definition) is 1. The average molecular weight is 239 g/mol. The van der Waals surface area contributed by atoms with Gasteiger partial charge in [-0.15, -0.1) is 0 Å². The van der Waals surface area contributed by atoms with E-state index in [1.54, 1.807) is 0 Å². The monoisotopic (exact) mass is 239 g/mol. The van der Waals surface area contributed by atoms with Crippen molar-refractivity contribution in [3.8, 4) is 0 Å². The van der Waals surface area contributed by atoms with Crippen LogP contribution in [0.2, 0.25) is 0 Å². The van der Waals surface area contributed by atoms with Crippen molar-refractivity contribution in [2.45, 2.75) is 59.8 Å². The SMILES string of the molecule is CCCC1(CCC)CC(=O)NC(=O)C1C(C)C. The zero-order valence-corrected chi connectivity index (χ0v) is 11.5. The second kappa shape index (κ2) is 5.65. The first kappa shape index (κ1) is 14.2. The molecule has 3 nitrogen and oxygen atoms in total. The van der Waals surface area contributed by atoms with Gasteiger partial charge in [0.1, 0.15) is 0 Å². The molecule has 2 amide bonds. The van der Waals surface area contributed by atoms with E-state index >= 15 is 0 Å². The number of rotatable bonds is 5. The van der Waals surface area contributed by atoms with E-state index in [4.69, 9.17) is 0 Å². The lowest BCUT2D eigenvalue weighted by molar-refractivity contribution is -0.146. The predicted octanol–water partition coefficient (Wildman–Crippen LogP) is 2.89. The second-order valence-electron chi connectivity index (χ2n) is 5.67. The molecule has 0 spiro atoms. The van der Waals surface area contributed by atoms with E-state index in [0.29, 0.717) is 12.3 Å². The summed E-state index contributed by atoms with van der Waals surface area (Å²) in [6.07, 6.45) is 4.53. The summed E-state index contributed by atoms with van der Waals surface area (Å²) >= 11 is 0. The van der Waals surface area contributed by atoms with Crippen molar-refractivity contribution in [3.63, 3.8) is 0 Å². The molecule has 17 heavy (non-hydrogen) atoms. The second-order valence-corrected chi connectivity index (χ2v) is 5.67. The Bertz CT molecular complexity index is 291. The lowest BCUT2D eigenvalue weighted by atomic mass is 9.61. The van der Waals surface area contributed by atoms with Crippen LogP contribution >= 0.6 is 0 Å².